The Labute approximate surface area is 183 Å². The van der Waals surface area contributed by atoms with Crippen LogP contribution in [-0.4, -0.2) is 27.8 Å². The van der Waals surface area contributed by atoms with Crippen LogP contribution in [0.3, 0.4) is 0 Å². The average Bonchev–Trinajstić information content (AvgIpc) is 3.16. The van der Waals surface area contributed by atoms with Crippen molar-refractivity contribution in [1.82, 2.24) is 10.2 Å². The van der Waals surface area contributed by atoms with E-state index in [1.165, 1.54) is 6.92 Å². The molecule has 1 aromatic heterocycles. The molecule has 0 bridgehead atoms. The van der Waals surface area contributed by atoms with Crippen LogP contribution >= 0.6 is 23.4 Å². The third-order valence-corrected chi connectivity index (χ3v) is 4.88. The Balaban J connectivity index is 1.62. The predicted octanol–water partition coefficient (Wildman–Crippen LogP) is 5.10. The minimum absolute atomic E-state index is 0.0227. The number of rotatable bonds is 6. The zero-order chi connectivity index (χ0) is 22.6. The smallest absolute Gasteiger partial charge is 0.411 e. The van der Waals surface area contributed by atoms with Gasteiger partial charge in [0, 0.05) is 18.2 Å². The van der Waals surface area contributed by atoms with E-state index in [4.69, 9.17) is 16.0 Å². The number of aromatic nitrogens is 2. The molecular formula is C19H14ClF3N4O3S. The molecule has 0 saturated carbocycles. The Kier molecular flexibility index (Phi) is 6.86. The highest BCUT2D eigenvalue weighted by atomic mass is 35.5. The van der Waals surface area contributed by atoms with Crippen LogP contribution in [0.4, 0.5) is 24.5 Å². The van der Waals surface area contributed by atoms with Crippen LogP contribution < -0.4 is 10.6 Å². The Morgan fingerprint density at radius 3 is 2.61 bits per heavy atom. The number of hydrogen-bond donors (Lipinski definition) is 2. The average molecular weight is 471 g/mol. The van der Waals surface area contributed by atoms with Crippen molar-refractivity contribution < 1.29 is 27.2 Å². The molecule has 162 valence electrons. The number of thioether (sulfide) groups is 1. The molecule has 2 aromatic carbocycles. The molecule has 0 aliphatic carbocycles. The lowest BCUT2D eigenvalue weighted by atomic mass is 10.2. The van der Waals surface area contributed by atoms with E-state index >= 15 is 0 Å². The number of halogens is 4. The van der Waals surface area contributed by atoms with Gasteiger partial charge in [-0.1, -0.05) is 29.4 Å². The van der Waals surface area contributed by atoms with Crippen molar-refractivity contribution in [2.75, 3.05) is 16.4 Å². The second-order valence-electron chi connectivity index (χ2n) is 6.16. The first kappa shape index (κ1) is 22.6. The van der Waals surface area contributed by atoms with Gasteiger partial charge in [-0.2, -0.15) is 13.2 Å². The molecule has 2 N–H and O–H groups in total. The SMILES string of the molecule is CC(=O)Nc1cccc(-c2nnc(SCC(=O)Nc3cc(C(F)(F)F)ccc3Cl)o2)c1. The number of amides is 2. The lowest BCUT2D eigenvalue weighted by Gasteiger charge is -2.11. The third kappa shape index (κ3) is 6.22. The first-order valence-electron chi connectivity index (χ1n) is 8.63. The minimum Gasteiger partial charge on any atom is -0.411 e. The molecule has 0 atom stereocenters. The van der Waals surface area contributed by atoms with Gasteiger partial charge in [0.2, 0.25) is 17.7 Å². The summed E-state index contributed by atoms with van der Waals surface area (Å²) in [4.78, 5) is 23.3. The third-order valence-electron chi connectivity index (χ3n) is 3.73. The maximum atomic E-state index is 12.8. The van der Waals surface area contributed by atoms with E-state index in [0.29, 0.717) is 11.3 Å². The van der Waals surface area contributed by atoms with Gasteiger partial charge in [-0.25, -0.2) is 0 Å². The number of nitrogens with zero attached hydrogens (tertiary/aromatic N) is 2. The zero-order valence-electron chi connectivity index (χ0n) is 15.8. The number of carbonyl (C=O) groups excluding carboxylic acids is 2. The maximum absolute atomic E-state index is 12.8. The summed E-state index contributed by atoms with van der Waals surface area (Å²) in [6, 6.07) is 9.39. The standard InChI is InChI=1S/C19H14ClF3N4O3S/c1-10(28)24-13-4-2-3-11(7-13)17-26-27-18(30-17)31-9-16(29)25-15-8-12(19(21,22)23)5-6-14(15)20/h2-8H,9H2,1H3,(H,24,28)(H,25,29). The quantitative estimate of drug-likeness (QED) is 0.486. The summed E-state index contributed by atoms with van der Waals surface area (Å²) in [6.45, 7) is 1.38. The number of alkyl halides is 3. The van der Waals surface area contributed by atoms with E-state index in [1.54, 1.807) is 24.3 Å². The summed E-state index contributed by atoms with van der Waals surface area (Å²) >= 11 is 6.77. The summed E-state index contributed by atoms with van der Waals surface area (Å²) < 4.78 is 44.0. The normalized spacial score (nSPS) is 11.3. The van der Waals surface area contributed by atoms with Gasteiger partial charge in [0.25, 0.3) is 5.22 Å². The summed E-state index contributed by atoms with van der Waals surface area (Å²) in [5.74, 6) is -0.847. The molecule has 0 spiro atoms. The fourth-order valence-corrected chi connectivity index (χ4v) is 3.16. The van der Waals surface area contributed by atoms with Gasteiger partial charge in [-0.15, -0.1) is 10.2 Å². The van der Waals surface area contributed by atoms with E-state index in [9.17, 15) is 22.8 Å². The van der Waals surface area contributed by atoms with Crippen LogP contribution in [0.15, 0.2) is 52.1 Å². The van der Waals surface area contributed by atoms with E-state index in [2.05, 4.69) is 20.8 Å². The van der Waals surface area contributed by atoms with Gasteiger partial charge >= 0.3 is 6.18 Å². The van der Waals surface area contributed by atoms with Gasteiger partial charge in [-0.3, -0.25) is 9.59 Å². The van der Waals surface area contributed by atoms with Crippen molar-refractivity contribution >= 4 is 46.6 Å². The molecule has 12 heteroatoms. The van der Waals surface area contributed by atoms with Crippen molar-refractivity contribution in [3.8, 4) is 11.5 Å². The van der Waals surface area contributed by atoms with Gasteiger partial charge in [0.1, 0.15) is 0 Å². The second-order valence-corrected chi connectivity index (χ2v) is 7.50. The lowest BCUT2D eigenvalue weighted by Crippen LogP contribution is -2.15. The first-order chi connectivity index (χ1) is 14.6. The summed E-state index contributed by atoms with van der Waals surface area (Å²) in [7, 11) is 0. The van der Waals surface area contributed by atoms with Crippen LogP contribution in [0.5, 0.6) is 0 Å². The van der Waals surface area contributed by atoms with Crippen molar-refractivity contribution in [3.63, 3.8) is 0 Å². The highest BCUT2D eigenvalue weighted by Gasteiger charge is 2.31. The summed E-state index contributed by atoms with van der Waals surface area (Å²) in [6.07, 6.45) is -4.56. The Hall–Kier alpha value is -3.05. The molecule has 0 aliphatic rings. The lowest BCUT2D eigenvalue weighted by molar-refractivity contribution is -0.137. The molecule has 3 aromatic rings. The molecule has 3 rings (SSSR count). The molecule has 31 heavy (non-hydrogen) atoms. The van der Waals surface area contributed by atoms with E-state index in [0.717, 1.165) is 30.0 Å². The monoisotopic (exact) mass is 470 g/mol. The van der Waals surface area contributed by atoms with Crippen LogP contribution in [0, 0.1) is 0 Å². The molecule has 0 radical (unpaired) electrons. The highest BCUT2D eigenvalue weighted by Crippen LogP contribution is 2.34. The topological polar surface area (TPSA) is 97.1 Å². The van der Waals surface area contributed by atoms with Crippen LogP contribution in [-0.2, 0) is 15.8 Å². The van der Waals surface area contributed by atoms with Gasteiger partial charge in [0.15, 0.2) is 0 Å². The van der Waals surface area contributed by atoms with Crippen molar-refractivity contribution in [1.29, 1.82) is 0 Å². The Morgan fingerprint density at radius 1 is 1.13 bits per heavy atom. The van der Waals surface area contributed by atoms with E-state index in [-0.39, 0.29) is 33.5 Å². The Bertz CT molecular complexity index is 1120. The van der Waals surface area contributed by atoms with Crippen molar-refractivity contribution in [3.05, 3.63) is 53.1 Å². The molecule has 1 heterocycles. The Morgan fingerprint density at radius 2 is 1.90 bits per heavy atom. The fourth-order valence-electron chi connectivity index (χ4n) is 2.43. The van der Waals surface area contributed by atoms with Gasteiger partial charge in [0.05, 0.1) is 22.0 Å². The molecule has 0 fully saturated rings. The molecule has 2 amide bonds. The predicted molar refractivity (Wildman–Crippen MR) is 110 cm³/mol. The number of nitrogens with one attached hydrogen (secondary N) is 2. The van der Waals surface area contributed by atoms with Gasteiger partial charge in [-0.05, 0) is 36.4 Å². The minimum atomic E-state index is -4.56. The first-order valence-corrected chi connectivity index (χ1v) is 9.99. The van der Waals surface area contributed by atoms with Crippen LogP contribution in [0.2, 0.25) is 5.02 Å². The summed E-state index contributed by atoms with van der Waals surface area (Å²) in [5.41, 5.74) is 0.0338. The largest absolute Gasteiger partial charge is 0.416 e. The molecule has 0 aliphatic heterocycles. The van der Waals surface area contributed by atoms with Gasteiger partial charge < -0.3 is 15.1 Å². The maximum Gasteiger partial charge on any atom is 0.416 e. The zero-order valence-corrected chi connectivity index (χ0v) is 17.4. The van der Waals surface area contributed by atoms with E-state index in [1.807, 2.05) is 0 Å². The van der Waals surface area contributed by atoms with Crippen LogP contribution in [0.1, 0.15) is 12.5 Å². The number of carbonyl (C=O) groups is 2. The summed E-state index contributed by atoms with van der Waals surface area (Å²) in [5, 5.41) is 12.8. The fraction of sp³-hybridized carbons (Fsp3) is 0.158. The number of benzene rings is 2. The highest BCUT2D eigenvalue weighted by molar-refractivity contribution is 7.99. The van der Waals surface area contributed by atoms with Crippen molar-refractivity contribution in [2.45, 2.75) is 18.3 Å². The molecule has 0 saturated heterocycles. The molecule has 7 nitrogen and oxygen atoms in total. The van der Waals surface area contributed by atoms with E-state index < -0.39 is 17.6 Å². The molecular weight excluding hydrogens is 457 g/mol. The molecule has 0 unspecified atom stereocenters. The van der Waals surface area contributed by atoms with Crippen molar-refractivity contribution in [2.24, 2.45) is 0 Å². The number of hydrogen-bond acceptors (Lipinski definition) is 6. The number of anilines is 2. The second kappa shape index (κ2) is 9.40. The van der Waals surface area contributed by atoms with Crippen LogP contribution in [0.25, 0.3) is 11.5 Å².